The molecular weight excluding hydrogens is 1020 g/mol. The Labute approximate surface area is 480 Å². The molecule has 18 heteroatoms. The second-order valence-corrected chi connectivity index (χ2v) is 23.9. The topological polar surface area (TPSA) is 235 Å². The number of nitrogens with two attached hydrogens (primary N) is 1. The maximum atomic E-state index is 12.4. The van der Waals surface area contributed by atoms with E-state index >= 15 is 0 Å². The predicted octanol–water partition coefficient (Wildman–Crippen LogP) is 8.01. The molecule has 10 rings (SSSR count). The fourth-order valence-corrected chi connectivity index (χ4v) is 12.2. The minimum atomic E-state index is -0.677. The van der Waals surface area contributed by atoms with Gasteiger partial charge in [0.1, 0.15) is 23.7 Å². The number of hydrogen-bond donors (Lipinski definition) is 6. The number of aryl methyl sites for hydroxylation is 1. The molecule has 6 aliphatic rings. The minimum absolute atomic E-state index is 0.00874. The van der Waals surface area contributed by atoms with Gasteiger partial charge in [0.15, 0.2) is 5.82 Å². The van der Waals surface area contributed by atoms with E-state index in [0.29, 0.717) is 29.7 Å². The van der Waals surface area contributed by atoms with Gasteiger partial charge in [-0.2, -0.15) is 5.10 Å². The number of aromatic nitrogens is 5. The van der Waals surface area contributed by atoms with Crippen LogP contribution in [0.5, 0.6) is 0 Å². The molecule has 0 spiro atoms. The van der Waals surface area contributed by atoms with Crippen LogP contribution in [0, 0.1) is 53.3 Å². The van der Waals surface area contributed by atoms with Crippen molar-refractivity contribution < 1.29 is 24.3 Å². The molecule has 1 saturated carbocycles. The highest BCUT2D eigenvalue weighted by atomic mass is 16.5. The third-order valence-electron chi connectivity index (χ3n) is 17.9. The summed E-state index contributed by atoms with van der Waals surface area (Å²) in [6.45, 7) is 18.9. The molecular formula is C63H91N13O5. The van der Waals surface area contributed by atoms with E-state index < -0.39 is 12.0 Å². The normalized spacial score (nSPS) is 22.2. The molecule has 6 atom stereocenters. The quantitative estimate of drug-likeness (QED) is 0.0255. The molecule has 5 fully saturated rings. The summed E-state index contributed by atoms with van der Waals surface area (Å²) in [5.74, 6) is 9.51. The predicted molar refractivity (Wildman–Crippen MR) is 319 cm³/mol. The third kappa shape index (κ3) is 16.5. The van der Waals surface area contributed by atoms with Crippen LogP contribution in [0.3, 0.4) is 0 Å². The molecule has 1 amide bonds. The number of aliphatic hydroxyl groups is 2. The first-order chi connectivity index (χ1) is 39.0. The summed E-state index contributed by atoms with van der Waals surface area (Å²) in [5.41, 5.74) is 9.62. The van der Waals surface area contributed by atoms with Crippen molar-refractivity contribution in [1.82, 2.24) is 44.5 Å². The van der Waals surface area contributed by atoms with E-state index in [0.717, 1.165) is 124 Å². The molecule has 0 radical (unpaired) electrons. The fourth-order valence-electron chi connectivity index (χ4n) is 12.2. The van der Waals surface area contributed by atoms with Crippen molar-refractivity contribution in [3.63, 3.8) is 0 Å². The second-order valence-electron chi connectivity index (χ2n) is 23.9. The van der Waals surface area contributed by atoms with Crippen LogP contribution in [-0.4, -0.2) is 157 Å². The maximum Gasteiger partial charge on any atom is 0.237 e. The number of rotatable bonds is 17. The van der Waals surface area contributed by atoms with Crippen molar-refractivity contribution in [2.45, 2.75) is 160 Å². The number of imidazole rings is 1. The number of hydrogen-bond acceptors (Lipinski definition) is 14. The molecule has 4 aromatic rings. The van der Waals surface area contributed by atoms with Gasteiger partial charge < -0.3 is 55.3 Å². The van der Waals surface area contributed by atoms with Crippen LogP contribution in [0.1, 0.15) is 152 Å². The van der Waals surface area contributed by atoms with Gasteiger partial charge >= 0.3 is 0 Å². The van der Waals surface area contributed by atoms with Crippen LogP contribution in [0.25, 0.3) is 5.69 Å². The van der Waals surface area contributed by atoms with E-state index in [4.69, 9.17) is 21.1 Å². The van der Waals surface area contributed by atoms with Gasteiger partial charge in [0.05, 0.1) is 53.9 Å². The van der Waals surface area contributed by atoms with E-state index in [9.17, 15) is 19.8 Å². The number of allylic oxidation sites excluding steroid dienone is 2. The van der Waals surface area contributed by atoms with Crippen LogP contribution in [0.15, 0.2) is 83.4 Å². The van der Waals surface area contributed by atoms with Gasteiger partial charge in [0, 0.05) is 86.8 Å². The Morgan fingerprint density at radius 3 is 2.27 bits per heavy atom. The number of amidine groups is 1. The van der Waals surface area contributed by atoms with E-state index in [-0.39, 0.29) is 53.9 Å². The van der Waals surface area contributed by atoms with Gasteiger partial charge in [-0.1, -0.05) is 67.6 Å². The summed E-state index contributed by atoms with van der Waals surface area (Å²) < 4.78 is 9.50. The van der Waals surface area contributed by atoms with Gasteiger partial charge in [-0.3, -0.25) is 19.8 Å². The molecule has 2 aliphatic carbocycles. The molecule has 3 aromatic heterocycles. The second kappa shape index (κ2) is 29.1. The zero-order chi connectivity index (χ0) is 57.6. The summed E-state index contributed by atoms with van der Waals surface area (Å²) in [6.07, 6.45) is 26.6. The fraction of sp³-hybridized carbons (Fsp3) is 0.603. The van der Waals surface area contributed by atoms with Crippen LogP contribution in [0.2, 0.25) is 0 Å². The van der Waals surface area contributed by atoms with Crippen molar-refractivity contribution in [1.29, 1.82) is 10.8 Å². The highest BCUT2D eigenvalue weighted by Crippen LogP contribution is 2.34. The molecule has 81 heavy (non-hydrogen) atoms. The first-order valence-electron chi connectivity index (χ1n) is 30.0. The largest absolute Gasteiger partial charge is 0.393 e. The Morgan fingerprint density at radius 1 is 0.938 bits per heavy atom. The van der Waals surface area contributed by atoms with E-state index in [1.165, 1.54) is 45.2 Å². The van der Waals surface area contributed by atoms with Crippen LogP contribution in [0.4, 0.5) is 5.82 Å². The standard InChI is InChI=1S/C26H36N6O.C19H31N3O3.C18H24N4O/c1-18(20-11-13-31(14-12-20)22-5-4-6-22)32-17-19(16-30-32)9-10-21(26(28)29)15-24(27)23-7-2-3-8-25(23)33;1-14(2)17(13-23)18-11-19(20-25-18)22-9-3-15(4-10-22)12-21-7-5-16(24)6-8-21;1-13(20-18(23)17-5-4-11-21(17)3)15-6-8-16(9-7-15)22-12-10-19-14(22)2/h2-3,7,16-18,20-22,25,27,33H,4-6,8,11-15H2,1H3,(H3,28,29);11,13-17,24H,3-10,12H2,1-2H3;6-10,12-13,17H,4-5,11H2,1-3H3,(H,20,23). The summed E-state index contributed by atoms with van der Waals surface area (Å²) in [7, 11) is 2.02. The number of benzene rings is 1. The number of carbonyl (C=O) groups is 2. The summed E-state index contributed by atoms with van der Waals surface area (Å²) >= 11 is 0. The molecule has 4 saturated heterocycles. The minimum Gasteiger partial charge on any atom is -0.393 e. The van der Waals surface area contributed by atoms with Gasteiger partial charge in [0.2, 0.25) is 5.91 Å². The number of nitrogens with one attached hydrogen (secondary N) is 3. The first-order valence-corrected chi connectivity index (χ1v) is 30.0. The van der Waals surface area contributed by atoms with Gasteiger partial charge in [-0.05, 0) is 154 Å². The van der Waals surface area contributed by atoms with Crippen molar-refractivity contribution in [3.05, 3.63) is 102 Å². The number of likely N-dealkylation sites (tertiary alicyclic amines) is 3. The number of carbonyl (C=O) groups excluding carboxylic acids is 2. The summed E-state index contributed by atoms with van der Waals surface area (Å²) in [5, 5.41) is 47.9. The Balaban J connectivity index is 0.000000163. The zero-order valence-corrected chi connectivity index (χ0v) is 48.9. The average Bonchev–Trinajstić information content (AvgIpc) is 4.31. The Morgan fingerprint density at radius 2 is 1.67 bits per heavy atom. The molecule has 0 bridgehead atoms. The number of piperidine rings is 3. The van der Waals surface area contributed by atoms with E-state index in [1.54, 1.807) is 18.5 Å². The lowest BCUT2D eigenvalue weighted by molar-refractivity contribution is -0.125. The molecule has 438 valence electrons. The molecule has 4 aliphatic heterocycles. The van der Waals surface area contributed by atoms with Crippen molar-refractivity contribution in [3.8, 4) is 17.5 Å². The zero-order valence-electron chi connectivity index (χ0n) is 48.9. The molecule has 18 nitrogen and oxygen atoms in total. The molecule has 6 unspecified atom stereocenters. The Hall–Kier alpha value is -6.23. The summed E-state index contributed by atoms with van der Waals surface area (Å²) in [6, 6.07) is 11.4. The summed E-state index contributed by atoms with van der Waals surface area (Å²) in [4.78, 5) is 37.4. The monoisotopic (exact) mass is 1110 g/mol. The average molecular weight is 1110 g/mol. The number of likely N-dealkylation sites (N-methyl/N-ethyl adjacent to an activating group) is 1. The number of aliphatic hydroxyl groups excluding tert-OH is 2. The highest BCUT2D eigenvalue weighted by Gasteiger charge is 2.33. The smallest absolute Gasteiger partial charge is 0.237 e. The SMILES string of the molecule is CC(C)C(C=O)c1cc(N2CCC(CN3CCC(O)CC3)CC2)no1.CC(C1CCN(C2CCC2)CC1)n1cc(C#CC(CC(=N)C2=CC=CCC2O)C(=N)N)cn1.Cc1nccn1-c1ccc(C(C)NC(=O)C2CCCN2C)cc1. The van der Waals surface area contributed by atoms with Crippen molar-refractivity contribution >= 4 is 29.6 Å². The number of aldehydes is 1. The highest BCUT2D eigenvalue weighted by molar-refractivity contribution is 6.02. The number of nitrogens with zero attached hydrogens (tertiary/aromatic N) is 9. The van der Waals surface area contributed by atoms with Crippen molar-refractivity contribution in [2.75, 3.05) is 64.3 Å². The van der Waals surface area contributed by atoms with Crippen molar-refractivity contribution in [2.24, 2.45) is 29.4 Å². The van der Waals surface area contributed by atoms with E-state index in [2.05, 4.69) is 83.2 Å². The van der Waals surface area contributed by atoms with Crippen LogP contribution in [-0.2, 0) is 9.59 Å². The van der Waals surface area contributed by atoms with Gasteiger partial charge in [-0.25, -0.2) is 4.98 Å². The first kappa shape index (κ1) is 60.9. The number of anilines is 1. The van der Waals surface area contributed by atoms with E-state index in [1.807, 2.05) is 74.6 Å². The van der Waals surface area contributed by atoms with Gasteiger partial charge in [-0.15, -0.1) is 0 Å². The van der Waals surface area contributed by atoms with Gasteiger partial charge in [0.25, 0.3) is 0 Å². The lowest BCUT2D eigenvalue weighted by Gasteiger charge is -2.42. The molecule has 7 heterocycles. The number of amides is 1. The van der Waals surface area contributed by atoms with Crippen LogP contribution >= 0.6 is 0 Å². The van der Waals surface area contributed by atoms with Crippen LogP contribution < -0.4 is 16.0 Å². The lowest BCUT2D eigenvalue weighted by atomic mass is 9.85. The molecule has 1 aromatic carbocycles. The third-order valence-corrected chi connectivity index (χ3v) is 17.9. The lowest BCUT2D eigenvalue weighted by Crippen LogP contribution is -2.45. The Kier molecular flexibility index (Phi) is 21.9. The maximum absolute atomic E-state index is 12.4. The molecule has 7 N–H and O–H groups in total. The Bertz CT molecular complexity index is 2790.